The molecule has 0 spiro atoms. The average Bonchev–Trinajstić information content (AvgIpc) is 2.13. The molecule has 1 atom stereocenters. The summed E-state index contributed by atoms with van der Waals surface area (Å²) in [5.41, 5.74) is 0. The highest BCUT2D eigenvalue weighted by Crippen LogP contribution is 1.86. The fourth-order valence-corrected chi connectivity index (χ4v) is 0.948. The molecule has 0 aliphatic heterocycles. The molecule has 0 heterocycles. The standard InChI is InChI=1S/C10H23NO3/c1-4-13-8-10(12)7-11-5-6-14-9(2)3/h9-12H,4-8H2,1-3H3. The second-order valence-electron chi connectivity index (χ2n) is 3.44. The van der Waals surface area contributed by atoms with E-state index in [0.717, 1.165) is 6.54 Å². The summed E-state index contributed by atoms with van der Waals surface area (Å²) < 4.78 is 10.4. The van der Waals surface area contributed by atoms with Crippen molar-refractivity contribution in [2.75, 3.05) is 32.9 Å². The summed E-state index contributed by atoms with van der Waals surface area (Å²) in [6, 6.07) is 0. The lowest BCUT2D eigenvalue weighted by Gasteiger charge is -2.12. The van der Waals surface area contributed by atoms with Gasteiger partial charge in [-0.1, -0.05) is 0 Å². The third-order valence-electron chi connectivity index (χ3n) is 1.62. The topological polar surface area (TPSA) is 50.7 Å². The van der Waals surface area contributed by atoms with E-state index in [9.17, 15) is 5.11 Å². The molecule has 0 aromatic carbocycles. The SMILES string of the molecule is CCOCC(O)CNCCOC(C)C. The third kappa shape index (κ3) is 9.92. The van der Waals surface area contributed by atoms with E-state index < -0.39 is 6.10 Å². The zero-order valence-electron chi connectivity index (χ0n) is 9.45. The van der Waals surface area contributed by atoms with Gasteiger partial charge in [-0.25, -0.2) is 0 Å². The van der Waals surface area contributed by atoms with E-state index in [-0.39, 0.29) is 6.10 Å². The summed E-state index contributed by atoms with van der Waals surface area (Å²) in [7, 11) is 0. The maximum atomic E-state index is 9.36. The quantitative estimate of drug-likeness (QED) is 0.535. The molecule has 0 aliphatic carbocycles. The van der Waals surface area contributed by atoms with Gasteiger partial charge in [-0.3, -0.25) is 0 Å². The first-order valence-electron chi connectivity index (χ1n) is 5.25. The van der Waals surface area contributed by atoms with Crippen molar-refractivity contribution in [2.24, 2.45) is 0 Å². The Balaban J connectivity index is 3.10. The van der Waals surface area contributed by atoms with Crippen molar-refractivity contribution in [1.29, 1.82) is 0 Å². The maximum Gasteiger partial charge on any atom is 0.0897 e. The van der Waals surface area contributed by atoms with E-state index in [0.29, 0.717) is 26.4 Å². The van der Waals surface area contributed by atoms with Gasteiger partial charge in [0.2, 0.25) is 0 Å². The van der Waals surface area contributed by atoms with Crippen molar-refractivity contribution in [1.82, 2.24) is 5.32 Å². The number of hydrogen-bond donors (Lipinski definition) is 2. The van der Waals surface area contributed by atoms with Crippen LogP contribution in [0, 0.1) is 0 Å². The maximum absolute atomic E-state index is 9.36. The lowest BCUT2D eigenvalue weighted by Crippen LogP contribution is -2.32. The zero-order valence-corrected chi connectivity index (χ0v) is 9.45. The Morgan fingerprint density at radius 3 is 2.64 bits per heavy atom. The highest BCUT2D eigenvalue weighted by Gasteiger charge is 2.02. The van der Waals surface area contributed by atoms with Gasteiger partial charge in [0.25, 0.3) is 0 Å². The molecule has 1 unspecified atom stereocenters. The summed E-state index contributed by atoms with van der Waals surface area (Å²) in [5, 5.41) is 12.5. The van der Waals surface area contributed by atoms with Crippen LogP contribution in [-0.2, 0) is 9.47 Å². The van der Waals surface area contributed by atoms with Gasteiger partial charge in [0.05, 0.1) is 25.4 Å². The van der Waals surface area contributed by atoms with E-state index in [1.807, 2.05) is 20.8 Å². The van der Waals surface area contributed by atoms with Crippen LogP contribution in [0.2, 0.25) is 0 Å². The molecular weight excluding hydrogens is 182 g/mol. The smallest absolute Gasteiger partial charge is 0.0897 e. The molecular formula is C10H23NO3. The van der Waals surface area contributed by atoms with Gasteiger partial charge in [-0.05, 0) is 20.8 Å². The van der Waals surface area contributed by atoms with E-state index in [4.69, 9.17) is 9.47 Å². The largest absolute Gasteiger partial charge is 0.389 e. The van der Waals surface area contributed by atoms with Crippen LogP contribution in [0.25, 0.3) is 0 Å². The van der Waals surface area contributed by atoms with Gasteiger partial charge in [0, 0.05) is 19.7 Å². The minimum atomic E-state index is -0.422. The fourth-order valence-electron chi connectivity index (χ4n) is 0.948. The molecule has 0 aliphatic rings. The van der Waals surface area contributed by atoms with E-state index >= 15 is 0 Å². The molecule has 0 fully saturated rings. The van der Waals surface area contributed by atoms with E-state index in [1.165, 1.54) is 0 Å². The van der Waals surface area contributed by atoms with Gasteiger partial charge in [-0.2, -0.15) is 0 Å². The minimum Gasteiger partial charge on any atom is -0.389 e. The zero-order chi connectivity index (χ0) is 10.8. The van der Waals surface area contributed by atoms with Gasteiger partial charge in [0.1, 0.15) is 0 Å². The summed E-state index contributed by atoms with van der Waals surface area (Å²) in [6.45, 7) is 8.97. The third-order valence-corrected chi connectivity index (χ3v) is 1.62. The molecule has 0 aromatic heterocycles. The number of hydrogen-bond acceptors (Lipinski definition) is 4. The fraction of sp³-hybridized carbons (Fsp3) is 1.00. The molecule has 0 amide bonds. The number of aliphatic hydroxyl groups excluding tert-OH is 1. The monoisotopic (exact) mass is 205 g/mol. The first-order chi connectivity index (χ1) is 6.66. The molecule has 4 heteroatoms. The Hall–Kier alpha value is -0.160. The van der Waals surface area contributed by atoms with Crippen LogP contribution in [0.15, 0.2) is 0 Å². The van der Waals surface area contributed by atoms with Crippen molar-refractivity contribution in [3.8, 4) is 0 Å². The summed E-state index contributed by atoms with van der Waals surface area (Å²) in [5.74, 6) is 0. The summed E-state index contributed by atoms with van der Waals surface area (Å²) in [4.78, 5) is 0. The molecule has 0 rings (SSSR count). The second kappa shape index (κ2) is 9.40. The molecule has 0 saturated heterocycles. The molecule has 86 valence electrons. The van der Waals surface area contributed by atoms with Gasteiger partial charge in [0.15, 0.2) is 0 Å². The van der Waals surface area contributed by atoms with Gasteiger partial charge >= 0.3 is 0 Å². The first kappa shape index (κ1) is 13.8. The van der Waals surface area contributed by atoms with E-state index in [1.54, 1.807) is 0 Å². The lowest BCUT2D eigenvalue weighted by molar-refractivity contribution is 0.0393. The van der Waals surface area contributed by atoms with Crippen molar-refractivity contribution in [3.63, 3.8) is 0 Å². The van der Waals surface area contributed by atoms with Crippen LogP contribution in [0.4, 0.5) is 0 Å². The van der Waals surface area contributed by atoms with E-state index in [2.05, 4.69) is 5.32 Å². The van der Waals surface area contributed by atoms with Crippen LogP contribution >= 0.6 is 0 Å². The number of aliphatic hydroxyl groups is 1. The molecule has 4 nitrogen and oxygen atoms in total. The van der Waals surface area contributed by atoms with Crippen LogP contribution < -0.4 is 5.32 Å². The lowest BCUT2D eigenvalue weighted by atomic mass is 10.4. The predicted molar refractivity (Wildman–Crippen MR) is 56.5 cm³/mol. The van der Waals surface area contributed by atoms with Gasteiger partial charge < -0.3 is 19.9 Å². The summed E-state index contributed by atoms with van der Waals surface area (Å²) >= 11 is 0. The second-order valence-corrected chi connectivity index (χ2v) is 3.44. The Kier molecular flexibility index (Phi) is 9.29. The molecule has 0 bridgehead atoms. The van der Waals surface area contributed by atoms with Gasteiger partial charge in [-0.15, -0.1) is 0 Å². The number of rotatable bonds is 9. The van der Waals surface area contributed by atoms with Crippen LogP contribution in [0.1, 0.15) is 20.8 Å². The minimum absolute atomic E-state index is 0.269. The normalized spacial score (nSPS) is 13.5. The Morgan fingerprint density at radius 2 is 2.07 bits per heavy atom. The average molecular weight is 205 g/mol. The van der Waals surface area contributed by atoms with Crippen LogP contribution in [0.3, 0.4) is 0 Å². The first-order valence-corrected chi connectivity index (χ1v) is 5.25. The Bertz CT molecular complexity index is 120. The Labute approximate surface area is 86.6 Å². The number of ether oxygens (including phenoxy) is 2. The highest BCUT2D eigenvalue weighted by molar-refractivity contribution is 4.57. The molecule has 0 radical (unpaired) electrons. The highest BCUT2D eigenvalue weighted by atomic mass is 16.5. The van der Waals surface area contributed by atoms with Crippen molar-refractivity contribution in [2.45, 2.75) is 33.0 Å². The predicted octanol–water partition coefficient (Wildman–Crippen LogP) is 0.398. The molecule has 14 heavy (non-hydrogen) atoms. The summed E-state index contributed by atoms with van der Waals surface area (Å²) in [6.07, 6.45) is -0.154. The van der Waals surface area contributed by atoms with Crippen LogP contribution in [0.5, 0.6) is 0 Å². The molecule has 0 saturated carbocycles. The van der Waals surface area contributed by atoms with Crippen molar-refractivity contribution < 1.29 is 14.6 Å². The Morgan fingerprint density at radius 1 is 1.36 bits per heavy atom. The molecule has 2 N–H and O–H groups in total. The molecule has 0 aromatic rings. The number of nitrogens with one attached hydrogen (secondary N) is 1. The van der Waals surface area contributed by atoms with Crippen molar-refractivity contribution >= 4 is 0 Å². The van der Waals surface area contributed by atoms with Crippen molar-refractivity contribution in [3.05, 3.63) is 0 Å². The van der Waals surface area contributed by atoms with Crippen LogP contribution in [-0.4, -0.2) is 50.2 Å².